The van der Waals surface area contributed by atoms with E-state index in [-0.39, 0.29) is 5.91 Å². The number of benzene rings is 1. The summed E-state index contributed by atoms with van der Waals surface area (Å²) in [4.78, 5) is 13.3. The van der Waals surface area contributed by atoms with Gasteiger partial charge in [0.2, 0.25) is 15.9 Å². The molecule has 1 amide bonds. The van der Waals surface area contributed by atoms with Crippen LogP contribution in [0.5, 0.6) is 0 Å². The van der Waals surface area contributed by atoms with E-state index < -0.39 is 10.0 Å². The summed E-state index contributed by atoms with van der Waals surface area (Å²) in [7, 11) is -3.11. The van der Waals surface area contributed by atoms with Crippen molar-refractivity contribution in [3.05, 3.63) is 29.8 Å². The second kappa shape index (κ2) is 7.21. The Balaban J connectivity index is 1.81. The Morgan fingerprint density at radius 1 is 1.32 bits per heavy atom. The summed E-state index contributed by atoms with van der Waals surface area (Å²) in [5.41, 5.74) is 1.98. The molecule has 0 saturated carbocycles. The number of hydrogen-bond acceptors (Lipinski definition) is 4. The summed E-state index contributed by atoms with van der Waals surface area (Å²) in [5, 5.41) is 2.75. The van der Waals surface area contributed by atoms with E-state index in [9.17, 15) is 13.2 Å². The quantitative estimate of drug-likeness (QED) is 0.818. The fourth-order valence-corrected chi connectivity index (χ4v) is 3.19. The molecule has 1 atom stereocenters. The van der Waals surface area contributed by atoms with Crippen LogP contribution >= 0.6 is 0 Å². The van der Waals surface area contributed by atoms with Gasteiger partial charge in [0.15, 0.2) is 0 Å². The molecule has 1 aliphatic rings. The number of likely N-dealkylation sites (tertiary alicyclic amines) is 1. The summed E-state index contributed by atoms with van der Waals surface area (Å²) in [6.45, 7) is 4.72. The third-order valence-corrected chi connectivity index (χ3v) is 4.38. The van der Waals surface area contributed by atoms with Gasteiger partial charge in [0.05, 0.1) is 6.26 Å². The lowest BCUT2D eigenvalue weighted by atomic mass is 10.1. The average Bonchev–Trinajstić information content (AvgIpc) is 2.85. The molecular formula is C15H23N3O3S. The monoisotopic (exact) mass is 325 g/mol. The minimum absolute atomic E-state index is 0.0755. The van der Waals surface area contributed by atoms with Gasteiger partial charge in [0, 0.05) is 32.2 Å². The van der Waals surface area contributed by atoms with Crippen molar-refractivity contribution >= 4 is 21.6 Å². The molecule has 22 heavy (non-hydrogen) atoms. The Morgan fingerprint density at radius 2 is 2.00 bits per heavy atom. The Kier molecular flexibility index (Phi) is 5.55. The molecule has 0 bridgehead atoms. The van der Waals surface area contributed by atoms with Crippen LogP contribution in [0.25, 0.3) is 0 Å². The summed E-state index contributed by atoms with van der Waals surface area (Å²) in [5.74, 6) is 0.293. The average molecular weight is 325 g/mol. The third-order valence-electron chi connectivity index (χ3n) is 3.68. The van der Waals surface area contributed by atoms with Crippen LogP contribution in [0.4, 0.5) is 5.69 Å². The first-order valence-corrected chi connectivity index (χ1v) is 9.24. The maximum atomic E-state index is 11.1. The summed E-state index contributed by atoms with van der Waals surface area (Å²) >= 11 is 0. The Morgan fingerprint density at radius 3 is 2.59 bits per heavy atom. The van der Waals surface area contributed by atoms with Gasteiger partial charge in [-0.25, -0.2) is 13.1 Å². The van der Waals surface area contributed by atoms with Gasteiger partial charge < -0.3 is 5.32 Å². The molecule has 0 aliphatic carbocycles. The summed E-state index contributed by atoms with van der Waals surface area (Å²) in [6.07, 6.45) is 2.20. The first-order chi connectivity index (χ1) is 10.3. The number of carbonyl (C=O) groups is 1. The predicted octanol–water partition coefficient (Wildman–Crippen LogP) is 1.02. The van der Waals surface area contributed by atoms with Gasteiger partial charge >= 0.3 is 0 Å². The van der Waals surface area contributed by atoms with Gasteiger partial charge in [0.1, 0.15) is 0 Å². The van der Waals surface area contributed by atoms with Crippen LogP contribution in [-0.4, -0.2) is 45.1 Å². The van der Waals surface area contributed by atoms with Crippen molar-refractivity contribution in [1.82, 2.24) is 9.62 Å². The van der Waals surface area contributed by atoms with Gasteiger partial charge in [-0.15, -0.1) is 0 Å². The van der Waals surface area contributed by atoms with Crippen LogP contribution in [0.3, 0.4) is 0 Å². The number of amides is 1. The number of carbonyl (C=O) groups excluding carboxylic acids is 1. The van der Waals surface area contributed by atoms with E-state index in [2.05, 4.69) is 14.9 Å². The van der Waals surface area contributed by atoms with Gasteiger partial charge in [0.25, 0.3) is 0 Å². The van der Waals surface area contributed by atoms with E-state index in [1.54, 1.807) is 0 Å². The normalized spacial score (nSPS) is 19.3. The molecule has 1 aliphatic heterocycles. The first kappa shape index (κ1) is 16.9. The minimum Gasteiger partial charge on any atom is -0.326 e. The molecule has 0 aromatic heterocycles. The van der Waals surface area contributed by atoms with Crippen LogP contribution in [-0.2, 0) is 21.4 Å². The van der Waals surface area contributed by atoms with E-state index in [1.165, 1.54) is 18.7 Å². The number of anilines is 1. The zero-order valence-electron chi connectivity index (χ0n) is 13.0. The molecule has 6 nitrogen and oxygen atoms in total. The van der Waals surface area contributed by atoms with Crippen LogP contribution < -0.4 is 10.0 Å². The highest BCUT2D eigenvalue weighted by molar-refractivity contribution is 7.88. The second-order valence-electron chi connectivity index (χ2n) is 5.89. The zero-order valence-corrected chi connectivity index (χ0v) is 13.8. The molecule has 7 heteroatoms. The highest BCUT2D eigenvalue weighted by atomic mass is 32.2. The van der Waals surface area contributed by atoms with Crippen LogP contribution in [0.15, 0.2) is 24.3 Å². The molecule has 1 heterocycles. The van der Waals surface area contributed by atoms with Gasteiger partial charge in [-0.05, 0) is 36.6 Å². The van der Waals surface area contributed by atoms with Crippen molar-refractivity contribution in [1.29, 1.82) is 0 Å². The van der Waals surface area contributed by atoms with Crippen molar-refractivity contribution in [2.75, 3.05) is 31.2 Å². The Hall–Kier alpha value is -1.44. The number of sulfonamides is 1. The van der Waals surface area contributed by atoms with Crippen molar-refractivity contribution in [3.63, 3.8) is 0 Å². The summed E-state index contributed by atoms with van der Waals surface area (Å²) < 4.78 is 24.8. The molecule has 0 radical (unpaired) electrons. The number of hydrogen-bond donors (Lipinski definition) is 2. The Bertz CT molecular complexity index is 613. The van der Waals surface area contributed by atoms with E-state index in [1.807, 2.05) is 24.3 Å². The van der Waals surface area contributed by atoms with Crippen LogP contribution in [0.2, 0.25) is 0 Å². The van der Waals surface area contributed by atoms with Crippen LogP contribution in [0, 0.1) is 5.92 Å². The number of rotatable bonds is 6. The van der Waals surface area contributed by atoms with E-state index in [4.69, 9.17) is 0 Å². The first-order valence-electron chi connectivity index (χ1n) is 7.35. The lowest BCUT2D eigenvalue weighted by molar-refractivity contribution is -0.114. The SMILES string of the molecule is CC(=O)Nc1ccc(CN2CC[C@@H](CNS(C)(=O)=O)C2)cc1. The highest BCUT2D eigenvalue weighted by Gasteiger charge is 2.23. The molecule has 0 spiro atoms. The highest BCUT2D eigenvalue weighted by Crippen LogP contribution is 2.19. The lowest BCUT2D eigenvalue weighted by Gasteiger charge is -2.16. The largest absolute Gasteiger partial charge is 0.326 e. The number of nitrogens with zero attached hydrogens (tertiary/aromatic N) is 1. The molecule has 2 rings (SSSR count). The number of nitrogens with one attached hydrogen (secondary N) is 2. The maximum absolute atomic E-state index is 11.1. The van der Waals surface area contributed by atoms with Crippen LogP contribution in [0.1, 0.15) is 18.9 Å². The van der Waals surface area contributed by atoms with Crippen molar-refractivity contribution in [2.24, 2.45) is 5.92 Å². The summed E-state index contributed by atoms with van der Waals surface area (Å²) in [6, 6.07) is 7.81. The van der Waals surface area contributed by atoms with Gasteiger partial charge in [-0.2, -0.15) is 0 Å². The molecule has 0 unspecified atom stereocenters. The topological polar surface area (TPSA) is 78.5 Å². The molecule has 2 N–H and O–H groups in total. The smallest absolute Gasteiger partial charge is 0.221 e. The molecule has 1 saturated heterocycles. The molecular weight excluding hydrogens is 302 g/mol. The molecule has 1 aromatic rings. The van der Waals surface area contributed by atoms with Crippen molar-refractivity contribution in [3.8, 4) is 0 Å². The zero-order chi connectivity index (χ0) is 16.2. The third kappa shape index (κ3) is 5.75. The van der Waals surface area contributed by atoms with Crippen molar-refractivity contribution in [2.45, 2.75) is 19.9 Å². The fraction of sp³-hybridized carbons (Fsp3) is 0.533. The fourth-order valence-electron chi connectivity index (χ4n) is 2.65. The maximum Gasteiger partial charge on any atom is 0.221 e. The predicted molar refractivity (Wildman–Crippen MR) is 87.0 cm³/mol. The van der Waals surface area contributed by atoms with E-state index in [0.29, 0.717) is 12.5 Å². The van der Waals surface area contributed by atoms with Gasteiger partial charge in [-0.3, -0.25) is 9.69 Å². The lowest BCUT2D eigenvalue weighted by Crippen LogP contribution is -2.30. The molecule has 122 valence electrons. The van der Waals surface area contributed by atoms with E-state index >= 15 is 0 Å². The second-order valence-corrected chi connectivity index (χ2v) is 7.72. The van der Waals surface area contributed by atoms with Crippen molar-refractivity contribution < 1.29 is 13.2 Å². The van der Waals surface area contributed by atoms with Gasteiger partial charge in [-0.1, -0.05) is 12.1 Å². The molecule has 1 aromatic carbocycles. The molecule has 1 fully saturated rings. The van der Waals surface area contributed by atoms with E-state index in [0.717, 1.165) is 31.7 Å². The minimum atomic E-state index is -3.11. The standard InChI is InChI=1S/C15H23N3O3S/c1-12(19)17-15-5-3-13(4-6-15)10-18-8-7-14(11-18)9-16-22(2,20)21/h3-6,14,16H,7-11H2,1-2H3,(H,17,19)/t14-/m0/s1. The Labute approximate surface area is 131 Å².